The lowest BCUT2D eigenvalue weighted by Crippen LogP contribution is -2.44. The van der Waals surface area contributed by atoms with Crippen LogP contribution in [0.2, 0.25) is 0 Å². The molecule has 0 saturated heterocycles. The zero-order chi connectivity index (χ0) is 26.2. The SMILES string of the molecule is COCCN(CC(=O)N1N=C(c2cccs2)C[C@H]1c1ccc(OC)cc1)C(=O)Nc1ccccc1OC. The van der Waals surface area contributed by atoms with Gasteiger partial charge in [-0.05, 0) is 41.3 Å². The van der Waals surface area contributed by atoms with E-state index in [0.29, 0.717) is 17.9 Å². The molecule has 0 fully saturated rings. The lowest BCUT2D eigenvalue weighted by atomic mass is 10.0. The van der Waals surface area contributed by atoms with Gasteiger partial charge in [0.25, 0.3) is 5.91 Å². The first-order chi connectivity index (χ1) is 18.0. The lowest BCUT2D eigenvalue weighted by Gasteiger charge is -2.27. The third-order valence-electron chi connectivity index (χ3n) is 6.00. The predicted octanol–water partition coefficient (Wildman–Crippen LogP) is 4.62. The molecule has 3 amide bonds. The summed E-state index contributed by atoms with van der Waals surface area (Å²) < 4.78 is 15.8. The highest BCUT2D eigenvalue weighted by Gasteiger charge is 2.34. The minimum Gasteiger partial charge on any atom is -0.497 e. The average Bonchev–Trinajstić information content (AvgIpc) is 3.62. The lowest BCUT2D eigenvalue weighted by molar-refractivity contribution is -0.133. The minimum atomic E-state index is -0.433. The molecular weight excluding hydrogens is 492 g/mol. The van der Waals surface area contributed by atoms with Crippen LogP contribution in [0.4, 0.5) is 10.5 Å². The fourth-order valence-electron chi connectivity index (χ4n) is 4.05. The summed E-state index contributed by atoms with van der Waals surface area (Å²) >= 11 is 1.58. The molecule has 0 unspecified atom stereocenters. The minimum absolute atomic E-state index is 0.168. The number of hydrogen-bond acceptors (Lipinski definition) is 7. The van der Waals surface area contributed by atoms with Gasteiger partial charge in [0.15, 0.2) is 0 Å². The zero-order valence-corrected chi connectivity index (χ0v) is 21.9. The molecule has 2 heterocycles. The molecule has 1 aromatic heterocycles. The fraction of sp³-hybridized carbons (Fsp3) is 0.296. The van der Waals surface area contributed by atoms with E-state index in [0.717, 1.165) is 21.9 Å². The van der Waals surface area contributed by atoms with Gasteiger partial charge in [-0.25, -0.2) is 9.80 Å². The molecular formula is C27H30N4O5S. The van der Waals surface area contributed by atoms with Gasteiger partial charge in [0, 0.05) is 20.1 Å². The van der Waals surface area contributed by atoms with E-state index in [1.165, 1.54) is 17.0 Å². The Labute approximate surface area is 220 Å². The summed E-state index contributed by atoms with van der Waals surface area (Å²) in [5.41, 5.74) is 2.29. The molecule has 9 nitrogen and oxygen atoms in total. The molecule has 10 heteroatoms. The molecule has 1 aliphatic rings. The number of ether oxygens (including phenoxy) is 3. The van der Waals surface area contributed by atoms with Crippen LogP contribution in [0.15, 0.2) is 71.1 Å². The highest BCUT2D eigenvalue weighted by Crippen LogP contribution is 2.34. The van der Waals surface area contributed by atoms with Crippen molar-refractivity contribution in [2.24, 2.45) is 5.10 Å². The maximum absolute atomic E-state index is 13.6. The van der Waals surface area contributed by atoms with Crippen molar-refractivity contribution in [2.45, 2.75) is 12.5 Å². The van der Waals surface area contributed by atoms with E-state index in [4.69, 9.17) is 19.3 Å². The second-order valence-electron chi connectivity index (χ2n) is 8.30. The van der Waals surface area contributed by atoms with Crippen molar-refractivity contribution in [1.82, 2.24) is 9.91 Å². The smallest absolute Gasteiger partial charge is 0.322 e. The fourth-order valence-corrected chi connectivity index (χ4v) is 4.77. The summed E-state index contributed by atoms with van der Waals surface area (Å²) in [4.78, 5) is 29.3. The molecule has 0 bridgehead atoms. The maximum Gasteiger partial charge on any atom is 0.322 e. The van der Waals surface area contributed by atoms with Gasteiger partial charge in [-0.1, -0.05) is 30.3 Å². The zero-order valence-electron chi connectivity index (χ0n) is 21.0. The second-order valence-corrected chi connectivity index (χ2v) is 9.25. The van der Waals surface area contributed by atoms with E-state index in [1.54, 1.807) is 43.8 Å². The molecule has 4 rings (SSSR count). The third-order valence-corrected chi connectivity index (χ3v) is 6.92. The van der Waals surface area contributed by atoms with Crippen LogP contribution in [0.5, 0.6) is 11.5 Å². The quantitative estimate of drug-likeness (QED) is 0.419. The Balaban J connectivity index is 1.56. The number of carbonyl (C=O) groups is 2. The molecule has 1 N–H and O–H groups in total. The number of nitrogens with zero attached hydrogens (tertiary/aromatic N) is 3. The molecule has 194 valence electrons. The van der Waals surface area contributed by atoms with Crippen molar-refractivity contribution < 1.29 is 23.8 Å². The summed E-state index contributed by atoms with van der Waals surface area (Å²) in [6, 6.07) is 18.0. The van der Waals surface area contributed by atoms with Crippen LogP contribution in [0.25, 0.3) is 0 Å². The van der Waals surface area contributed by atoms with Gasteiger partial charge in [-0.15, -0.1) is 11.3 Å². The Morgan fingerprint density at radius 1 is 1.05 bits per heavy atom. The Bertz CT molecular complexity index is 1230. The molecule has 0 saturated carbocycles. The molecule has 1 aliphatic heterocycles. The van der Waals surface area contributed by atoms with Crippen LogP contribution >= 0.6 is 11.3 Å². The molecule has 0 aliphatic carbocycles. The van der Waals surface area contributed by atoms with E-state index < -0.39 is 6.03 Å². The summed E-state index contributed by atoms with van der Waals surface area (Å²) in [6.45, 7) is 0.336. The average molecular weight is 523 g/mol. The van der Waals surface area contributed by atoms with Crippen LogP contribution < -0.4 is 14.8 Å². The molecule has 0 spiro atoms. The highest BCUT2D eigenvalue weighted by molar-refractivity contribution is 7.12. The Hall–Kier alpha value is -3.89. The van der Waals surface area contributed by atoms with Crippen LogP contribution in [0.1, 0.15) is 22.9 Å². The number of methoxy groups -OCH3 is 3. The normalized spacial score (nSPS) is 14.7. The van der Waals surface area contributed by atoms with Crippen molar-refractivity contribution in [1.29, 1.82) is 0 Å². The summed E-state index contributed by atoms with van der Waals surface area (Å²) in [6.07, 6.45) is 0.573. The number of anilines is 1. The van der Waals surface area contributed by atoms with Gasteiger partial charge < -0.3 is 24.4 Å². The Morgan fingerprint density at radius 2 is 1.84 bits per heavy atom. The van der Waals surface area contributed by atoms with E-state index >= 15 is 0 Å². The number of nitrogens with one attached hydrogen (secondary N) is 1. The summed E-state index contributed by atoms with van der Waals surface area (Å²) in [7, 11) is 4.70. The van der Waals surface area contributed by atoms with Crippen LogP contribution in [0, 0.1) is 0 Å². The Kier molecular flexibility index (Phi) is 8.76. The number of amides is 3. The van der Waals surface area contributed by atoms with E-state index in [1.807, 2.05) is 47.8 Å². The molecule has 0 radical (unpaired) electrons. The third kappa shape index (κ3) is 6.28. The van der Waals surface area contributed by atoms with Gasteiger partial charge in [0.2, 0.25) is 0 Å². The van der Waals surface area contributed by atoms with Crippen molar-refractivity contribution >= 4 is 34.7 Å². The van der Waals surface area contributed by atoms with Gasteiger partial charge in [0.1, 0.15) is 18.0 Å². The standard InChI is InChI=1S/C27H30N4O5S/c1-34-15-14-30(27(33)28-21-7-4-5-8-24(21)36-3)18-26(32)31-23(19-10-12-20(35-2)13-11-19)17-22(29-31)25-9-6-16-37-25/h4-13,16,23H,14-15,17-18H2,1-3H3,(H,28,33)/t23-/m0/s1. The van der Waals surface area contributed by atoms with Crippen molar-refractivity contribution in [3.05, 3.63) is 76.5 Å². The van der Waals surface area contributed by atoms with E-state index in [9.17, 15) is 9.59 Å². The number of hydrazone groups is 1. The summed E-state index contributed by atoms with van der Waals surface area (Å²) in [5, 5.41) is 11.0. The number of rotatable bonds is 10. The predicted molar refractivity (Wildman–Crippen MR) is 144 cm³/mol. The number of benzene rings is 2. The topological polar surface area (TPSA) is 92.7 Å². The number of para-hydroxylation sites is 2. The van der Waals surface area contributed by atoms with Gasteiger partial charge in [0.05, 0.1) is 43.1 Å². The number of urea groups is 1. The van der Waals surface area contributed by atoms with E-state index in [2.05, 4.69) is 5.32 Å². The summed E-state index contributed by atoms with van der Waals surface area (Å²) in [5.74, 6) is 0.967. The largest absolute Gasteiger partial charge is 0.497 e. The maximum atomic E-state index is 13.6. The second kappa shape index (κ2) is 12.4. The molecule has 1 atom stereocenters. The first kappa shape index (κ1) is 26.2. The Morgan fingerprint density at radius 3 is 2.51 bits per heavy atom. The molecule has 37 heavy (non-hydrogen) atoms. The van der Waals surface area contributed by atoms with Crippen molar-refractivity contribution in [2.75, 3.05) is 46.3 Å². The number of carbonyl (C=O) groups excluding carboxylic acids is 2. The van der Waals surface area contributed by atoms with Crippen LogP contribution in [0.3, 0.4) is 0 Å². The van der Waals surface area contributed by atoms with Gasteiger partial charge in [-0.2, -0.15) is 5.10 Å². The highest BCUT2D eigenvalue weighted by atomic mass is 32.1. The monoisotopic (exact) mass is 522 g/mol. The molecule has 2 aromatic carbocycles. The van der Waals surface area contributed by atoms with Crippen LogP contribution in [-0.4, -0.2) is 68.6 Å². The van der Waals surface area contributed by atoms with Crippen molar-refractivity contribution in [3.63, 3.8) is 0 Å². The van der Waals surface area contributed by atoms with E-state index in [-0.39, 0.29) is 31.6 Å². The number of hydrogen-bond donors (Lipinski definition) is 1. The van der Waals surface area contributed by atoms with Gasteiger partial charge in [-0.3, -0.25) is 4.79 Å². The first-order valence-corrected chi connectivity index (χ1v) is 12.7. The van der Waals surface area contributed by atoms with Crippen molar-refractivity contribution in [3.8, 4) is 11.5 Å². The first-order valence-electron chi connectivity index (χ1n) is 11.8. The molecule has 3 aromatic rings. The van der Waals surface area contributed by atoms with Crippen LogP contribution in [-0.2, 0) is 9.53 Å². The van der Waals surface area contributed by atoms with Gasteiger partial charge >= 0.3 is 6.03 Å². The number of thiophene rings is 1.